The van der Waals surface area contributed by atoms with Crippen LogP contribution in [0.15, 0.2) is 28.7 Å². The lowest BCUT2D eigenvalue weighted by molar-refractivity contribution is 0.0247. The van der Waals surface area contributed by atoms with Crippen LogP contribution in [0.2, 0.25) is 0 Å². The molecule has 1 fully saturated rings. The fourth-order valence-electron chi connectivity index (χ4n) is 3.00. The predicted octanol–water partition coefficient (Wildman–Crippen LogP) is 2.80. The number of hydrogen-bond donors (Lipinski definition) is 2. The monoisotopic (exact) mass is 289 g/mol. The van der Waals surface area contributed by atoms with Gasteiger partial charge in [0.05, 0.1) is 12.6 Å². The minimum Gasteiger partial charge on any atom is -0.459 e. The molecule has 2 heterocycles. The molecule has 0 bridgehead atoms. The van der Waals surface area contributed by atoms with Gasteiger partial charge in [-0.2, -0.15) is 0 Å². The molecule has 4 heteroatoms. The van der Waals surface area contributed by atoms with Crippen LogP contribution in [0.25, 0.3) is 11.0 Å². The third kappa shape index (κ3) is 2.84. The van der Waals surface area contributed by atoms with Crippen molar-refractivity contribution in [3.63, 3.8) is 0 Å². The second-order valence-electron chi connectivity index (χ2n) is 5.92. The highest BCUT2D eigenvalue weighted by Crippen LogP contribution is 2.30. The Balaban J connectivity index is 1.79. The molecule has 3 rings (SSSR count). The van der Waals surface area contributed by atoms with Crippen LogP contribution in [0.1, 0.15) is 37.6 Å². The summed E-state index contributed by atoms with van der Waals surface area (Å²) in [7, 11) is 0. The summed E-state index contributed by atoms with van der Waals surface area (Å²) in [5.41, 5.74) is 1.44. The van der Waals surface area contributed by atoms with Gasteiger partial charge in [-0.1, -0.05) is 25.1 Å². The Kier molecular flexibility index (Phi) is 4.02. The van der Waals surface area contributed by atoms with Gasteiger partial charge in [0.2, 0.25) is 0 Å². The standard InChI is InChI=1S/C17H23NO3/c1-3-13-14-6-4-5-7-15(14)21-16(13)12(2)18-10-17(19)8-9-20-11-17/h4-7,12,18-19H,3,8-11H2,1-2H3. The van der Waals surface area contributed by atoms with Gasteiger partial charge in [0.15, 0.2) is 0 Å². The number of benzene rings is 1. The van der Waals surface area contributed by atoms with Crippen molar-refractivity contribution in [2.75, 3.05) is 19.8 Å². The normalized spacial score (nSPS) is 23.8. The van der Waals surface area contributed by atoms with E-state index in [1.54, 1.807) is 0 Å². The van der Waals surface area contributed by atoms with Crippen LogP contribution >= 0.6 is 0 Å². The van der Waals surface area contributed by atoms with E-state index in [4.69, 9.17) is 9.15 Å². The zero-order valence-electron chi connectivity index (χ0n) is 12.7. The number of aliphatic hydroxyl groups is 1. The molecule has 0 amide bonds. The molecule has 1 aliphatic rings. The van der Waals surface area contributed by atoms with Crippen molar-refractivity contribution in [3.8, 4) is 0 Å². The van der Waals surface area contributed by atoms with E-state index >= 15 is 0 Å². The Labute approximate surface area is 125 Å². The fraction of sp³-hybridized carbons (Fsp3) is 0.529. The van der Waals surface area contributed by atoms with Crippen LogP contribution in [-0.4, -0.2) is 30.5 Å². The van der Waals surface area contributed by atoms with Crippen LogP contribution in [0, 0.1) is 0 Å². The first-order valence-electron chi connectivity index (χ1n) is 7.67. The molecular weight excluding hydrogens is 266 g/mol. The van der Waals surface area contributed by atoms with Crippen molar-refractivity contribution >= 4 is 11.0 Å². The van der Waals surface area contributed by atoms with E-state index in [0.717, 1.165) is 17.8 Å². The topological polar surface area (TPSA) is 54.6 Å². The molecule has 0 aliphatic carbocycles. The minimum absolute atomic E-state index is 0.0666. The molecule has 1 aromatic heterocycles. The van der Waals surface area contributed by atoms with E-state index in [1.807, 2.05) is 18.2 Å². The number of nitrogens with one attached hydrogen (secondary N) is 1. The Morgan fingerprint density at radius 1 is 1.38 bits per heavy atom. The summed E-state index contributed by atoms with van der Waals surface area (Å²) in [6, 6.07) is 8.20. The van der Waals surface area contributed by atoms with Crippen LogP contribution in [-0.2, 0) is 11.2 Å². The van der Waals surface area contributed by atoms with Crippen molar-refractivity contribution in [3.05, 3.63) is 35.6 Å². The van der Waals surface area contributed by atoms with Gasteiger partial charge in [0.25, 0.3) is 0 Å². The molecule has 1 saturated heterocycles. The zero-order chi connectivity index (χ0) is 14.9. The molecule has 0 radical (unpaired) electrons. The molecule has 0 saturated carbocycles. The van der Waals surface area contributed by atoms with Gasteiger partial charge in [0, 0.05) is 30.5 Å². The lowest BCUT2D eigenvalue weighted by Crippen LogP contribution is -2.41. The van der Waals surface area contributed by atoms with Crippen molar-refractivity contribution in [2.24, 2.45) is 0 Å². The van der Waals surface area contributed by atoms with E-state index in [-0.39, 0.29) is 6.04 Å². The molecule has 2 N–H and O–H groups in total. The van der Waals surface area contributed by atoms with E-state index in [1.165, 1.54) is 10.9 Å². The third-order valence-corrected chi connectivity index (χ3v) is 4.30. The third-order valence-electron chi connectivity index (χ3n) is 4.30. The zero-order valence-corrected chi connectivity index (χ0v) is 12.7. The molecule has 2 atom stereocenters. The first-order valence-corrected chi connectivity index (χ1v) is 7.67. The van der Waals surface area contributed by atoms with E-state index in [9.17, 15) is 5.11 Å². The quantitative estimate of drug-likeness (QED) is 0.888. The molecule has 2 aromatic rings. The largest absolute Gasteiger partial charge is 0.459 e. The molecule has 2 unspecified atom stereocenters. The molecule has 21 heavy (non-hydrogen) atoms. The molecule has 1 aliphatic heterocycles. The van der Waals surface area contributed by atoms with Crippen LogP contribution in [0.3, 0.4) is 0 Å². The number of hydrogen-bond acceptors (Lipinski definition) is 4. The maximum absolute atomic E-state index is 10.3. The summed E-state index contributed by atoms with van der Waals surface area (Å²) in [4.78, 5) is 0. The number of fused-ring (bicyclic) bond motifs is 1. The Morgan fingerprint density at radius 3 is 2.90 bits per heavy atom. The SMILES string of the molecule is CCc1c(C(C)NCC2(O)CCOC2)oc2ccccc12. The van der Waals surface area contributed by atoms with Crippen LogP contribution in [0.4, 0.5) is 0 Å². The van der Waals surface area contributed by atoms with Gasteiger partial charge in [0.1, 0.15) is 16.9 Å². The summed E-state index contributed by atoms with van der Waals surface area (Å²) < 4.78 is 11.3. The number of furan rings is 1. The van der Waals surface area contributed by atoms with Crippen molar-refractivity contribution in [2.45, 2.75) is 38.3 Å². The molecule has 1 aromatic carbocycles. The van der Waals surface area contributed by atoms with Crippen molar-refractivity contribution < 1.29 is 14.3 Å². The van der Waals surface area contributed by atoms with Gasteiger partial charge >= 0.3 is 0 Å². The summed E-state index contributed by atoms with van der Waals surface area (Å²) in [5, 5.41) is 14.9. The van der Waals surface area contributed by atoms with E-state index in [2.05, 4.69) is 25.2 Å². The maximum atomic E-state index is 10.3. The molecule has 0 spiro atoms. The highest BCUT2D eigenvalue weighted by molar-refractivity contribution is 5.82. The first-order chi connectivity index (χ1) is 10.1. The molecule has 4 nitrogen and oxygen atoms in total. The Hall–Kier alpha value is -1.36. The smallest absolute Gasteiger partial charge is 0.134 e. The van der Waals surface area contributed by atoms with Crippen molar-refractivity contribution in [1.29, 1.82) is 0 Å². The average molecular weight is 289 g/mol. The van der Waals surface area contributed by atoms with Gasteiger partial charge in [-0.3, -0.25) is 0 Å². The lowest BCUT2D eigenvalue weighted by Gasteiger charge is -2.23. The number of para-hydroxylation sites is 1. The lowest BCUT2D eigenvalue weighted by atomic mass is 10.0. The maximum Gasteiger partial charge on any atom is 0.134 e. The number of aryl methyl sites for hydroxylation is 1. The highest BCUT2D eigenvalue weighted by Gasteiger charge is 2.32. The molecule has 114 valence electrons. The van der Waals surface area contributed by atoms with Gasteiger partial charge in [-0.15, -0.1) is 0 Å². The Morgan fingerprint density at radius 2 is 2.19 bits per heavy atom. The number of ether oxygens (including phenoxy) is 1. The van der Waals surface area contributed by atoms with Gasteiger partial charge in [-0.25, -0.2) is 0 Å². The minimum atomic E-state index is -0.743. The van der Waals surface area contributed by atoms with Gasteiger partial charge < -0.3 is 19.6 Å². The summed E-state index contributed by atoms with van der Waals surface area (Å²) in [6.07, 6.45) is 1.62. The Bertz CT molecular complexity index is 614. The van der Waals surface area contributed by atoms with Crippen LogP contribution in [0.5, 0.6) is 0 Å². The number of rotatable bonds is 5. The summed E-state index contributed by atoms with van der Waals surface area (Å²) >= 11 is 0. The van der Waals surface area contributed by atoms with Crippen LogP contribution < -0.4 is 5.32 Å². The van der Waals surface area contributed by atoms with E-state index < -0.39 is 5.60 Å². The second kappa shape index (κ2) is 5.79. The predicted molar refractivity (Wildman–Crippen MR) is 82.4 cm³/mol. The van der Waals surface area contributed by atoms with Crippen molar-refractivity contribution in [1.82, 2.24) is 5.32 Å². The molecular formula is C17H23NO3. The van der Waals surface area contributed by atoms with Gasteiger partial charge in [-0.05, 0) is 19.4 Å². The van der Waals surface area contributed by atoms with E-state index in [0.29, 0.717) is 26.2 Å². The first kappa shape index (κ1) is 14.6. The highest BCUT2D eigenvalue weighted by atomic mass is 16.5. The summed E-state index contributed by atoms with van der Waals surface area (Å²) in [6.45, 7) is 5.79. The summed E-state index contributed by atoms with van der Waals surface area (Å²) in [5.74, 6) is 0.973. The average Bonchev–Trinajstić information content (AvgIpc) is 3.08. The second-order valence-corrected chi connectivity index (χ2v) is 5.92. The fourth-order valence-corrected chi connectivity index (χ4v) is 3.00.